The largest absolute Gasteiger partial charge is 0.486 e. The van der Waals surface area contributed by atoms with Crippen LogP contribution in [0.2, 0.25) is 0 Å². The van der Waals surface area contributed by atoms with E-state index in [4.69, 9.17) is 4.74 Å². The summed E-state index contributed by atoms with van der Waals surface area (Å²) >= 11 is 1.53. The van der Waals surface area contributed by atoms with Crippen LogP contribution in [0.3, 0.4) is 0 Å². The van der Waals surface area contributed by atoms with Gasteiger partial charge in [-0.1, -0.05) is 30.3 Å². The van der Waals surface area contributed by atoms with Crippen LogP contribution in [0.4, 0.5) is 5.69 Å². The first-order valence-electron chi connectivity index (χ1n) is 9.46. The molecular formula is C22H23N3O2S. The molecule has 1 fully saturated rings. The van der Waals surface area contributed by atoms with Gasteiger partial charge < -0.3 is 15.0 Å². The van der Waals surface area contributed by atoms with Gasteiger partial charge in [0.2, 0.25) is 0 Å². The highest BCUT2D eigenvalue weighted by atomic mass is 32.1. The fourth-order valence-corrected chi connectivity index (χ4v) is 3.99. The van der Waals surface area contributed by atoms with Gasteiger partial charge in [0.1, 0.15) is 12.4 Å². The van der Waals surface area contributed by atoms with Gasteiger partial charge in [-0.15, -0.1) is 11.3 Å². The zero-order valence-electron chi connectivity index (χ0n) is 15.6. The summed E-state index contributed by atoms with van der Waals surface area (Å²) < 4.78 is 5.82. The van der Waals surface area contributed by atoms with Crippen molar-refractivity contribution in [3.05, 3.63) is 76.7 Å². The molecule has 2 aromatic carbocycles. The predicted octanol–water partition coefficient (Wildman–Crippen LogP) is 3.98. The molecule has 4 rings (SSSR count). The minimum atomic E-state index is -0.0907. The lowest BCUT2D eigenvalue weighted by atomic mass is 10.1. The van der Waals surface area contributed by atoms with E-state index < -0.39 is 0 Å². The van der Waals surface area contributed by atoms with E-state index in [1.807, 2.05) is 29.6 Å². The number of para-hydroxylation sites is 2. The fourth-order valence-electron chi connectivity index (χ4n) is 3.45. The number of hydrogen-bond acceptors (Lipinski definition) is 5. The number of nitrogens with zero attached hydrogens (tertiary/aromatic N) is 2. The van der Waals surface area contributed by atoms with Crippen LogP contribution in [0, 0.1) is 5.92 Å². The second-order valence-corrected chi connectivity index (χ2v) is 7.63. The Balaban J connectivity index is 1.32. The highest BCUT2D eigenvalue weighted by Gasteiger charge is 2.23. The molecule has 144 valence electrons. The highest BCUT2D eigenvalue weighted by molar-refractivity contribution is 7.07. The Hall–Kier alpha value is -2.86. The second kappa shape index (κ2) is 8.89. The SMILES string of the molecule is O=C(NCC1CCN(c2ccccc2)C1)c1ccccc1OCc1cscn1. The zero-order valence-corrected chi connectivity index (χ0v) is 16.4. The van der Waals surface area contributed by atoms with E-state index in [0.29, 0.717) is 30.4 Å². The van der Waals surface area contributed by atoms with Crippen molar-refractivity contribution in [1.29, 1.82) is 0 Å². The number of ether oxygens (including phenoxy) is 1. The number of benzene rings is 2. The summed E-state index contributed by atoms with van der Waals surface area (Å²) in [6, 6.07) is 17.8. The van der Waals surface area contributed by atoms with Crippen LogP contribution in [0.15, 0.2) is 65.5 Å². The Kier molecular flexibility index (Phi) is 5.87. The van der Waals surface area contributed by atoms with Crippen molar-refractivity contribution in [2.24, 2.45) is 5.92 Å². The van der Waals surface area contributed by atoms with Crippen LogP contribution in [0.1, 0.15) is 22.5 Å². The van der Waals surface area contributed by atoms with E-state index >= 15 is 0 Å². The molecule has 6 heteroatoms. The lowest BCUT2D eigenvalue weighted by molar-refractivity contribution is 0.0943. The van der Waals surface area contributed by atoms with Crippen molar-refractivity contribution in [3.8, 4) is 5.75 Å². The van der Waals surface area contributed by atoms with Crippen LogP contribution >= 0.6 is 11.3 Å². The molecule has 2 heterocycles. The van der Waals surface area contributed by atoms with Crippen molar-refractivity contribution in [3.63, 3.8) is 0 Å². The van der Waals surface area contributed by atoms with Gasteiger partial charge in [0.15, 0.2) is 0 Å². The van der Waals surface area contributed by atoms with E-state index in [0.717, 1.165) is 25.2 Å². The summed E-state index contributed by atoms with van der Waals surface area (Å²) in [6.45, 7) is 3.02. The van der Waals surface area contributed by atoms with Gasteiger partial charge >= 0.3 is 0 Å². The molecule has 1 aromatic heterocycles. The van der Waals surface area contributed by atoms with Crippen molar-refractivity contribution in [2.45, 2.75) is 13.0 Å². The first-order valence-corrected chi connectivity index (χ1v) is 10.4. The number of nitrogens with one attached hydrogen (secondary N) is 1. The molecule has 1 N–H and O–H groups in total. The molecule has 0 radical (unpaired) electrons. The second-order valence-electron chi connectivity index (χ2n) is 6.91. The number of carbonyl (C=O) groups is 1. The standard InChI is InChI=1S/C22H23N3O2S/c26-22(20-8-4-5-9-21(20)27-14-18-15-28-16-24-18)23-12-17-10-11-25(13-17)19-6-2-1-3-7-19/h1-9,15-17H,10-14H2,(H,23,26). The van der Waals surface area contributed by atoms with Gasteiger partial charge in [-0.3, -0.25) is 4.79 Å². The highest BCUT2D eigenvalue weighted by Crippen LogP contribution is 2.24. The van der Waals surface area contributed by atoms with E-state index in [1.54, 1.807) is 11.6 Å². The maximum absolute atomic E-state index is 12.7. The molecular weight excluding hydrogens is 370 g/mol. The summed E-state index contributed by atoms with van der Waals surface area (Å²) in [5.41, 5.74) is 4.46. The Bertz CT molecular complexity index is 899. The van der Waals surface area contributed by atoms with Crippen LogP contribution in [-0.2, 0) is 6.61 Å². The fraction of sp³-hybridized carbons (Fsp3) is 0.273. The van der Waals surface area contributed by atoms with Crippen molar-refractivity contribution in [1.82, 2.24) is 10.3 Å². The topological polar surface area (TPSA) is 54.5 Å². The summed E-state index contributed by atoms with van der Waals surface area (Å²) in [5, 5.41) is 5.03. The third kappa shape index (κ3) is 4.51. The van der Waals surface area contributed by atoms with E-state index in [2.05, 4.69) is 39.5 Å². The molecule has 28 heavy (non-hydrogen) atoms. The van der Waals surface area contributed by atoms with Crippen LogP contribution in [0.5, 0.6) is 5.75 Å². The Morgan fingerprint density at radius 3 is 2.82 bits per heavy atom. The summed E-state index contributed by atoms with van der Waals surface area (Å²) in [5.74, 6) is 0.949. The summed E-state index contributed by atoms with van der Waals surface area (Å²) in [6.07, 6.45) is 1.08. The summed E-state index contributed by atoms with van der Waals surface area (Å²) in [7, 11) is 0. The quantitative estimate of drug-likeness (QED) is 0.660. The lowest BCUT2D eigenvalue weighted by Gasteiger charge is -2.19. The maximum atomic E-state index is 12.7. The number of carbonyl (C=O) groups excluding carboxylic acids is 1. The Morgan fingerprint density at radius 2 is 2.00 bits per heavy atom. The van der Waals surface area contributed by atoms with Gasteiger partial charge in [0.05, 0.1) is 16.8 Å². The van der Waals surface area contributed by atoms with Crippen molar-refractivity contribution < 1.29 is 9.53 Å². The van der Waals surface area contributed by atoms with Crippen LogP contribution < -0.4 is 15.0 Å². The van der Waals surface area contributed by atoms with Gasteiger partial charge in [-0.2, -0.15) is 0 Å². The predicted molar refractivity (Wildman–Crippen MR) is 112 cm³/mol. The molecule has 0 saturated carbocycles. The molecule has 0 aliphatic carbocycles. The molecule has 3 aromatic rings. The first-order chi connectivity index (χ1) is 13.8. The van der Waals surface area contributed by atoms with E-state index in [9.17, 15) is 4.79 Å². The average molecular weight is 394 g/mol. The smallest absolute Gasteiger partial charge is 0.255 e. The molecule has 1 atom stereocenters. The normalized spacial score (nSPS) is 16.1. The van der Waals surface area contributed by atoms with Crippen LogP contribution in [0.25, 0.3) is 0 Å². The van der Waals surface area contributed by atoms with E-state index in [-0.39, 0.29) is 5.91 Å². The third-order valence-corrected chi connectivity index (χ3v) is 5.58. The molecule has 5 nitrogen and oxygen atoms in total. The number of anilines is 1. The molecule has 1 aliphatic rings. The summed E-state index contributed by atoms with van der Waals surface area (Å²) in [4.78, 5) is 19.3. The molecule has 1 aliphatic heterocycles. The minimum absolute atomic E-state index is 0.0907. The Labute approximate surface area is 169 Å². The number of rotatable bonds is 7. The number of aromatic nitrogens is 1. The molecule has 1 saturated heterocycles. The van der Waals surface area contributed by atoms with Crippen molar-refractivity contribution >= 4 is 22.9 Å². The zero-order chi connectivity index (χ0) is 19.2. The first kappa shape index (κ1) is 18.5. The lowest BCUT2D eigenvalue weighted by Crippen LogP contribution is -2.31. The number of thiazole rings is 1. The third-order valence-electron chi connectivity index (χ3n) is 4.95. The number of hydrogen-bond donors (Lipinski definition) is 1. The molecule has 0 spiro atoms. The molecule has 0 bridgehead atoms. The molecule has 1 unspecified atom stereocenters. The van der Waals surface area contributed by atoms with Gasteiger partial charge in [0.25, 0.3) is 5.91 Å². The monoisotopic (exact) mass is 393 g/mol. The minimum Gasteiger partial charge on any atom is -0.486 e. The van der Waals surface area contributed by atoms with Crippen LogP contribution in [-0.4, -0.2) is 30.5 Å². The van der Waals surface area contributed by atoms with Gasteiger partial charge in [0, 0.05) is 30.7 Å². The van der Waals surface area contributed by atoms with Gasteiger partial charge in [-0.25, -0.2) is 4.98 Å². The molecule has 1 amide bonds. The average Bonchev–Trinajstić information content (AvgIpc) is 3.43. The Morgan fingerprint density at radius 1 is 1.18 bits per heavy atom. The van der Waals surface area contributed by atoms with Gasteiger partial charge in [-0.05, 0) is 36.6 Å². The number of amides is 1. The van der Waals surface area contributed by atoms with Crippen molar-refractivity contribution in [2.75, 3.05) is 24.5 Å². The van der Waals surface area contributed by atoms with E-state index in [1.165, 1.54) is 17.0 Å². The maximum Gasteiger partial charge on any atom is 0.255 e.